The highest BCUT2D eigenvalue weighted by Gasteiger charge is 2.20. The normalized spacial score (nSPS) is 14.8. The topological polar surface area (TPSA) is 63.0 Å². The van der Waals surface area contributed by atoms with Crippen molar-refractivity contribution in [2.45, 2.75) is 20.4 Å². The molecule has 0 atom stereocenters. The minimum atomic E-state index is 0.755. The number of nitrogens with zero attached hydrogens (tertiary/aromatic N) is 7. The first kappa shape index (κ1) is 19.8. The van der Waals surface area contributed by atoms with Crippen LogP contribution >= 0.6 is 11.3 Å². The summed E-state index contributed by atoms with van der Waals surface area (Å²) < 4.78 is 1.83. The number of aromatic nitrogens is 5. The van der Waals surface area contributed by atoms with Gasteiger partial charge < -0.3 is 4.90 Å². The lowest BCUT2D eigenvalue weighted by Crippen LogP contribution is -2.46. The van der Waals surface area contributed by atoms with Crippen LogP contribution in [0.1, 0.15) is 17.1 Å². The van der Waals surface area contributed by atoms with Crippen molar-refractivity contribution >= 4 is 17.2 Å². The molecule has 0 bridgehead atoms. The number of hydrogen-bond donors (Lipinski definition) is 0. The maximum absolute atomic E-state index is 4.83. The molecule has 0 saturated carbocycles. The SMILES string of the molecule is Cc1cc(C)n(-c2ccc(N3CCN(Cc4csc(-c5ccccc5)n4)CC3)nn2)n1. The smallest absolute Gasteiger partial charge is 0.176 e. The zero-order valence-electron chi connectivity index (χ0n) is 17.8. The van der Waals surface area contributed by atoms with E-state index in [2.05, 4.69) is 54.7 Å². The number of thiazole rings is 1. The first-order chi connectivity index (χ1) is 15.2. The molecule has 4 heterocycles. The Bertz CT molecular complexity index is 1140. The molecule has 1 aromatic carbocycles. The fraction of sp³-hybridized carbons (Fsp3) is 0.304. The van der Waals surface area contributed by atoms with Crippen LogP contribution in [0.5, 0.6) is 0 Å². The molecular weight excluding hydrogens is 406 g/mol. The largest absolute Gasteiger partial charge is 0.353 e. The molecule has 5 rings (SSSR count). The number of aryl methyl sites for hydroxylation is 2. The average molecular weight is 432 g/mol. The van der Waals surface area contributed by atoms with Crippen LogP contribution in [0.3, 0.4) is 0 Å². The average Bonchev–Trinajstić information content (AvgIpc) is 3.41. The second-order valence-corrected chi connectivity index (χ2v) is 8.72. The fourth-order valence-corrected chi connectivity index (χ4v) is 4.73. The van der Waals surface area contributed by atoms with Gasteiger partial charge in [-0.05, 0) is 32.0 Å². The first-order valence-corrected chi connectivity index (χ1v) is 11.4. The Balaban J connectivity index is 1.18. The summed E-state index contributed by atoms with van der Waals surface area (Å²) >= 11 is 1.72. The summed E-state index contributed by atoms with van der Waals surface area (Å²) in [7, 11) is 0. The molecule has 4 aromatic rings. The van der Waals surface area contributed by atoms with Crippen molar-refractivity contribution in [3.8, 4) is 16.4 Å². The van der Waals surface area contributed by atoms with E-state index in [0.29, 0.717) is 0 Å². The molecule has 158 valence electrons. The number of piperazine rings is 1. The third-order valence-corrected chi connectivity index (χ3v) is 6.46. The summed E-state index contributed by atoms with van der Waals surface area (Å²) in [6, 6.07) is 16.5. The zero-order valence-corrected chi connectivity index (χ0v) is 18.6. The van der Waals surface area contributed by atoms with Gasteiger partial charge in [-0.2, -0.15) is 5.10 Å². The molecule has 3 aromatic heterocycles. The Morgan fingerprint density at radius 2 is 1.65 bits per heavy atom. The van der Waals surface area contributed by atoms with Gasteiger partial charge in [0.2, 0.25) is 0 Å². The molecule has 0 N–H and O–H groups in total. The van der Waals surface area contributed by atoms with E-state index >= 15 is 0 Å². The maximum atomic E-state index is 4.83. The standard InChI is InChI=1S/C23H25N7S/c1-17-14-18(2)30(27-17)22-9-8-21(25-26-22)29-12-10-28(11-13-29)15-20-16-31-23(24-20)19-6-4-3-5-7-19/h3-9,14,16H,10-13,15H2,1-2H3. The van der Waals surface area contributed by atoms with Crippen LogP contribution in [-0.4, -0.2) is 56.0 Å². The Morgan fingerprint density at radius 1 is 0.903 bits per heavy atom. The van der Waals surface area contributed by atoms with Crippen LogP contribution < -0.4 is 4.90 Å². The van der Waals surface area contributed by atoms with Gasteiger partial charge in [-0.3, -0.25) is 4.90 Å². The quantitative estimate of drug-likeness (QED) is 0.480. The Hall–Kier alpha value is -3.10. The van der Waals surface area contributed by atoms with Gasteiger partial charge in [0.25, 0.3) is 0 Å². The van der Waals surface area contributed by atoms with Crippen LogP contribution in [0.4, 0.5) is 5.82 Å². The summed E-state index contributed by atoms with van der Waals surface area (Å²) in [5.74, 6) is 1.68. The molecular formula is C23H25N7S. The third kappa shape index (κ3) is 4.35. The Morgan fingerprint density at radius 3 is 2.32 bits per heavy atom. The van der Waals surface area contributed by atoms with E-state index < -0.39 is 0 Å². The van der Waals surface area contributed by atoms with Crippen molar-refractivity contribution in [1.82, 2.24) is 29.9 Å². The zero-order chi connectivity index (χ0) is 21.2. The Kier molecular flexibility index (Phi) is 5.48. The predicted octanol–water partition coefficient (Wildman–Crippen LogP) is 3.72. The molecule has 1 aliphatic rings. The minimum absolute atomic E-state index is 0.755. The molecule has 0 amide bonds. The first-order valence-electron chi connectivity index (χ1n) is 10.5. The molecule has 0 spiro atoms. The molecule has 31 heavy (non-hydrogen) atoms. The molecule has 1 saturated heterocycles. The fourth-order valence-electron chi connectivity index (χ4n) is 3.92. The molecule has 1 aliphatic heterocycles. The van der Waals surface area contributed by atoms with Crippen molar-refractivity contribution in [1.29, 1.82) is 0 Å². The van der Waals surface area contributed by atoms with Gasteiger partial charge >= 0.3 is 0 Å². The van der Waals surface area contributed by atoms with Gasteiger partial charge in [0.15, 0.2) is 11.6 Å². The predicted molar refractivity (Wildman–Crippen MR) is 124 cm³/mol. The Labute approximate surface area is 186 Å². The van der Waals surface area contributed by atoms with E-state index in [0.717, 1.165) is 66.4 Å². The molecule has 1 fully saturated rings. The summed E-state index contributed by atoms with van der Waals surface area (Å²) in [6.45, 7) is 8.74. The maximum Gasteiger partial charge on any atom is 0.176 e. The van der Waals surface area contributed by atoms with Crippen LogP contribution in [0.15, 0.2) is 53.9 Å². The molecule has 7 nitrogen and oxygen atoms in total. The van der Waals surface area contributed by atoms with Gasteiger partial charge in [0.1, 0.15) is 5.01 Å². The molecule has 8 heteroatoms. The summed E-state index contributed by atoms with van der Waals surface area (Å²) in [5, 5.41) is 16.6. The lowest BCUT2D eigenvalue weighted by atomic mass is 10.2. The van der Waals surface area contributed by atoms with Crippen molar-refractivity contribution in [3.63, 3.8) is 0 Å². The van der Waals surface area contributed by atoms with Crippen molar-refractivity contribution in [2.24, 2.45) is 0 Å². The highest BCUT2D eigenvalue weighted by Crippen LogP contribution is 2.24. The highest BCUT2D eigenvalue weighted by atomic mass is 32.1. The van der Waals surface area contributed by atoms with Gasteiger partial charge in [-0.25, -0.2) is 9.67 Å². The lowest BCUT2D eigenvalue weighted by Gasteiger charge is -2.34. The second kappa shape index (κ2) is 8.56. The van der Waals surface area contributed by atoms with Crippen LogP contribution in [-0.2, 0) is 6.54 Å². The minimum Gasteiger partial charge on any atom is -0.353 e. The summed E-state index contributed by atoms with van der Waals surface area (Å²) in [5.41, 5.74) is 4.37. The van der Waals surface area contributed by atoms with E-state index in [1.807, 2.05) is 42.8 Å². The number of rotatable bonds is 5. The van der Waals surface area contributed by atoms with Crippen LogP contribution in [0.2, 0.25) is 0 Å². The van der Waals surface area contributed by atoms with Gasteiger partial charge in [0, 0.05) is 49.4 Å². The van der Waals surface area contributed by atoms with Gasteiger partial charge in [0.05, 0.1) is 11.4 Å². The van der Waals surface area contributed by atoms with Crippen molar-refractivity contribution in [3.05, 3.63) is 71.0 Å². The summed E-state index contributed by atoms with van der Waals surface area (Å²) in [6.07, 6.45) is 0. The van der Waals surface area contributed by atoms with Crippen LogP contribution in [0, 0.1) is 13.8 Å². The van der Waals surface area contributed by atoms with E-state index in [1.54, 1.807) is 11.3 Å². The van der Waals surface area contributed by atoms with E-state index in [1.165, 1.54) is 5.56 Å². The highest BCUT2D eigenvalue weighted by molar-refractivity contribution is 7.13. The number of anilines is 1. The van der Waals surface area contributed by atoms with E-state index in [-0.39, 0.29) is 0 Å². The molecule has 0 aliphatic carbocycles. The van der Waals surface area contributed by atoms with Crippen molar-refractivity contribution < 1.29 is 0 Å². The van der Waals surface area contributed by atoms with Gasteiger partial charge in [-0.1, -0.05) is 30.3 Å². The second-order valence-electron chi connectivity index (χ2n) is 7.86. The van der Waals surface area contributed by atoms with Crippen molar-refractivity contribution in [2.75, 3.05) is 31.1 Å². The van der Waals surface area contributed by atoms with Crippen LogP contribution in [0.25, 0.3) is 16.4 Å². The molecule has 0 radical (unpaired) electrons. The number of hydrogen-bond acceptors (Lipinski definition) is 7. The van der Waals surface area contributed by atoms with Gasteiger partial charge in [-0.15, -0.1) is 21.5 Å². The monoisotopic (exact) mass is 431 g/mol. The van der Waals surface area contributed by atoms with E-state index in [9.17, 15) is 0 Å². The number of benzene rings is 1. The third-order valence-electron chi connectivity index (χ3n) is 5.52. The van der Waals surface area contributed by atoms with E-state index in [4.69, 9.17) is 4.98 Å². The summed E-state index contributed by atoms with van der Waals surface area (Å²) in [4.78, 5) is 9.58. The molecule has 0 unspecified atom stereocenters. The lowest BCUT2D eigenvalue weighted by molar-refractivity contribution is 0.247.